The first-order chi connectivity index (χ1) is 14.4. The highest BCUT2D eigenvalue weighted by molar-refractivity contribution is 6.31. The Hall–Kier alpha value is -3.25. The third-order valence-corrected chi connectivity index (χ3v) is 5.87. The van der Waals surface area contributed by atoms with E-state index in [1.807, 2.05) is 43.3 Å². The van der Waals surface area contributed by atoms with Crippen molar-refractivity contribution in [1.82, 2.24) is 9.47 Å². The molecule has 4 rings (SSSR count). The van der Waals surface area contributed by atoms with Crippen molar-refractivity contribution in [1.29, 1.82) is 0 Å². The minimum Gasteiger partial charge on any atom is -0.495 e. The van der Waals surface area contributed by atoms with Crippen LogP contribution in [0, 0.1) is 6.92 Å². The molecule has 6 nitrogen and oxygen atoms in total. The fourth-order valence-corrected chi connectivity index (χ4v) is 3.97. The molecule has 1 N–H and O–H groups in total. The number of benzene rings is 2. The van der Waals surface area contributed by atoms with Gasteiger partial charge in [0.15, 0.2) is 0 Å². The molecular formula is C23H21ClN2O4. The van der Waals surface area contributed by atoms with E-state index < -0.39 is 6.09 Å². The van der Waals surface area contributed by atoms with Crippen molar-refractivity contribution in [3.8, 4) is 22.6 Å². The number of carboxylic acid groups (broad SMARTS) is 1. The summed E-state index contributed by atoms with van der Waals surface area (Å²) in [6.45, 7) is 2.54. The number of hydrogen-bond acceptors (Lipinski definition) is 3. The van der Waals surface area contributed by atoms with Crippen molar-refractivity contribution >= 4 is 17.7 Å². The van der Waals surface area contributed by atoms with E-state index in [0.717, 1.165) is 27.9 Å². The molecule has 154 valence electrons. The Bertz CT molecular complexity index is 1200. The first kappa shape index (κ1) is 20.0. The van der Waals surface area contributed by atoms with Gasteiger partial charge in [0.1, 0.15) is 5.75 Å². The van der Waals surface area contributed by atoms with Crippen LogP contribution >= 0.6 is 11.6 Å². The van der Waals surface area contributed by atoms with Crippen LogP contribution in [0.25, 0.3) is 16.8 Å². The van der Waals surface area contributed by atoms with Gasteiger partial charge in [-0.1, -0.05) is 23.7 Å². The molecule has 3 aromatic rings. The smallest absolute Gasteiger partial charge is 0.407 e. The maximum absolute atomic E-state index is 12.9. The summed E-state index contributed by atoms with van der Waals surface area (Å²) in [7, 11) is 1.57. The zero-order chi connectivity index (χ0) is 21.4. The van der Waals surface area contributed by atoms with Crippen LogP contribution in [0.2, 0.25) is 5.02 Å². The molecule has 0 unspecified atom stereocenters. The van der Waals surface area contributed by atoms with E-state index in [4.69, 9.17) is 16.3 Å². The first-order valence-electron chi connectivity index (χ1n) is 9.55. The monoisotopic (exact) mass is 424 g/mol. The predicted octanol–water partition coefficient (Wildman–Crippen LogP) is 4.51. The van der Waals surface area contributed by atoms with Crippen LogP contribution in [0.3, 0.4) is 0 Å². The number of aryl methyl sites for hydroxylation is 1. The lowest BCUT2D eigenvalue weighted by Crippen LogP contribution is -2.38. The number of carbonyl (C=O) groups is 1. The number of amides is 1. The average Bonchev–Trinajstić information content (AvgIpc) is 2.74. The molecule has 0 atom stereocenters. The minimum atomic E-state index is -0.962. The standard InChI is InChI=1S/C23H21ClN2O4/c1-14-11-15(3-6-18(14)24)16-4-7-21(30-2)20(12-16)26-19-9-10-25(23(28)29)13-17(19)5-8-22(26)27/h3-8,11-12H,9-10,13H2,1-2H3,(H,28,29). The number of aromatic nitrogens is 1. The Kier molecular flexibility index (Phi) is 5.26. The Morgan fingerprint density at radius 1 is 1.10 bits per heavy atom. The van der Waals surface area contributed by atoms with Gasteiger partial charge in [-0.2, -0.15) is 0 Å². The van der Waals surface area contributed by atoms with E-state index in [9.17, 15) is 14.7 Å². The normalized spacial score (nSPS) is 13.1. The second-order valence-electron chi connectivity index (χ2n) is 7.28. The van der Waals surface area contributed by atoms with E-state index in [2.05, 4.69) is 0 Å². The highest BCUT2D eigenvalue weighted by Crippen LogP contribution is 2.32. The summed E-state index contributed by atoms with van der Waals surface area (Å²) in [6.07, 6.45) is -0.512. The first-order valence-corrected chi connectivity index (χ1v) is 9.93. The highest BCUT2D eigenvalue weighted by Gasteiger charge is 2.24. The molecule has 0 aliphatic carbocycles. The quantitative estimate of drug-likeness (QED) is 0.671. The second kappa shape index (κ2) is 7.88. The Morgan fingerprint density at radius 3 is 2.53 bits per heavy atom. The Labute approximate surface area is 178 Å². The van der Waals surface area contributed by atoms with Gasteiger partial charge in [-0.3, -0.25) is 9.36 Å². The fraction of sp³-hybridized carbons (Fsp3) is 0.217. The average molecular weight is 425 g/mol. The number of methoxy groups -OCH3 is 1. The molecule has 1 aliphatic rings. The van der Waals surface area contributed by atoms with Crippen LogP contribution in [0.1, 0.15) is 16.8 Å². The van der Waals surface area contributed by atoms with E-state index in [0.29, 0.717) is 29.4 Å². The van der Waals surface area contributed by atoms with E-state index in [1.165, 1.54) is 11.0 Å². The van der Waals surface area contributed by atoms with Crippen molar-refractivity contribution in [2.45, 2.75) is 19.9 Å². The lowest BCUT2D eigenvalue weighted by Gasteiger charge is -2.28. The fourth-order valence-electron chi connectivity index (χ4n) is 3.86. The Balaban J connectivity index is 1.88. The van der Waals surface area contributed by atoms with Crippen molar-refractivity contribution in [3.05, 3.63) is 80.7 Å². The van der Waals surface area contributed by atoms with Gasteiger partial charge in [-0.05, 0) is 59.5 Å². The zero-order valence-corrected chi connectivity index (χ0v) is 17.4. The van der Waals surface area contributed by atoms with Crippen LogP contribution in [0.4, 0.5) is 4.79 Å². The Morgan fingerprint density at radius 2 is 1.83 bits per heavy atom. The molecule has 1 aliphatic heterocycles. The zero-order valence-electron chi connectivity index (χ0n) is 16.7. The van der Waals surface area contributed by atoms with Crippen molar-refractivity contribution < 1.29 is 14.6 Å². The largest absolute Gasteiger partial charge is 0.495 e. The van der Waals surface area contributed by atoms with Gasteiger partial charge in [0.2, 0.25) is 0 Å². The number of hydrogen-bond donors (Lipinski definition) is 1. The number of halogens is 1. The summed E-state index contributed by atoms with van der Waals surface area (Å²) < 4.78 is 7.19. The van der Waals surface area contributed by atoms with Crippen LogP contribution in [0.5, 0.6) is 5.75 Å². The van der Waals surface area contributed by atoms with Gasteiger partial charge >= 0.3 is 6.09 Å². The van der Waals surface area contributed by atoms with E-state index >= 15 is 0 Å². The van der Waals surface area contributed by atoms with Crippen LogP contribution in [-0.2, 0) is 13.0 Å². The predicted molar refractivity (Wildman–Crippen MR) is 116 cm³/mol. The number of rotatable bonds is 3. The highest BCUT2D eigenvalue weighted by atomic mass is 35.5. The van der Waals surface area contributed by atoms with Crippen LogP contribution < -0.4 is 10.3 Å². The topological polar surface area (TPSA) is 71.8 Å². The van der Waals surface area contributed by atoms with Crippen LogP contribution in [0.15, 0.2) is 53.3 Å². The molecule has 0 saturated heterocycles. The second-order valence-corrected chi connectivity index (χ2v) is 7.69. The molecule has 2 heterocycles. The van der Waals surface area contributed by atoms with Gasteiger partial charge in [-0.25, -0.2) is 4.79 Å². The molecule has 0 spiro atoms. The van der Waals surface area contributed by atoms with Gasteiger partial charge in [0.25, 0.3) is 5.56 Å². The minimum absolute atomic E-state index is 0.180. The number of ether oxygens (including phenoxy) is 1. The molecule has 2 aromatic carbocycles. The molecule has 0 bridgehead atoms. The lowest BCUT2D eigenvalue weighted by molar-refractivity contribution is 0.139. The van der Waals surface area contributed by atoms with Crippen molar-refractivity contribution in [3.63, 3.8) is 0 Å². The summed E-state index contributed by atoms with van der Waals surface area (Å²) in [6, 6.07) is 14.7. The maximum atomic E-state index is 12.9. The summed E-state index contributed by atoms with van der Waals surface area (Å²) in [4.78, 5) is 25.6. The van der Waals surface area contributed by atoms with Crippen molar-refractivity contribution in [2.24, 2.45) is 0 Å². The maximum Gasteiger partial charge on any atom is 0.407 e. The summed E-state index contributed by atoms with van der Waals surface area (Å²) in [5, 5.41) is 10.0. The van der Waals surface area contributed by atoms with Gasteiger partial charge in [0.05, 0.1) is 19.3 Å². The molecule has 0 fully saturated rings. The molecule has 1 aromatic heterocycles. The van der Waals surface area contributed by atoms with E-state index in [1.54, 1.807) is 17.7 Å². The third-order valence-electron chi connectivity index (χ3n) is 5.45. The van der Waals surface area contributed by atoms with E-state index in [-0.39, 0.29) is 12.1 Å². The molecule has 0 radical (unpaired) electrons. The summed E-state index contributed by atoms with van der Waals surface area (Å²) >= 11 is 6.17. The summed E-state index contributed by atoms with van der Waals surface area (Å²) in [5.41, 5.74) is 4.96. The molecule has 1 amide bonds. The molecular weight excluding hydrogens is 404 g/mol. The molecule has 30 heavy (non-hydrogen) atoms. The van der Waals surface area contributed by atoms with Gasteiger partial charge in [0, 0.05) is 29.7 Å². The van der Waals surface area contributed by atoms with Gasteiger partial charge in [-0.15, -0.1) is 0 Å². The third kappa shape index (κ3) is 3.55. The SMILES string of the molecule is COc1ccc(-c2ccc(Cl)c(C)c2)cc1-n1c2c(ccc1=O)CN(C(=O)O)CC2. The van der Waals surface area contributed by atoms with Crippen molar-refractivity contribution in [2.75, 3.05) is 13.7 Å². The summed E-state index contributed by atoms with van der Waals surface area (Å²) in [5.74, 6) is 0.570. The number of fused-ring (bicyclic) bond motifs is 1. The number of pyridine rings is 1. The van der Waals surface area contributed by atoms with Gasteiger partial charge < -0.3 is 14.7 Å². The lowest BCUT2D eigenvalue weighted by atomic mass is 10.0. The molecule has 0 saturated carbocycles. The number of nitrogens with zero attached hydrogens (tertiary/aromatic N) is 2. The van der Waals surface area contributed by atoms with Crippen LogP contribution in [-0.4, -0.2) is 34.3 Å². The molecule has 7 heteroatoms.